The van der Waals surface area contributed by atoms with Crippen molar-refractivity contribution in [3.63, 3.8) is 0 Å². The molecule has 4 saturated carbocycles. The van der Waals surface area contributed by atoms with Crippen molar-refractivity contribution in [3.8, 4) is 0 Å². The van der Waals surface area contributed by atoms with Gasteiger partial charge in [0.25, 0.3) is 0 Å². The predicted molar refractivity (Wildman–Crippen MR) is 126 cm³/mol. The number of aryl methyl sites for hydroxylation is 1. The second-order valence-electron chi connectivity index (χ2n) is 10.9. The molecular weight excluding hydrogens is 448 g/mol. The van der Waals surface area contributed by atoms with Gasteiger partial charge < -0.3 is 5.32 Å². The molecule has 1 amide bonds. The number of hydrogen-bond acceptors (Lipinski definition) is 6. The van der Waals surface area contributed by atoms with Crippen molar-refractivity contribution in [2.24, 2.45) is 17.3 Å². The molecular formula is C24H30N8O3. The van der Waals surface area contributed by atoms with E-state index in [2.05, 4.69) is 20.6 Å². The van der Waals surface area contributed by atoms with Crippen LogP contribution in [0.2, 0.25) is 0 Å². The maximum Gasteiger partial charge on any atom is 0.307 e. The summed E-state index contributed by atoms with van der Waals surface area (Å²) < 4.78 is 5.53. The summed E-state index contributed by atoms with van der Waals surface area (Å²) in [6.07, 6.45) is 16.9. The van der Waals surface area contributed by atoms with Gasteiger partial charge in [0.15, 0.2) is 0 Å². The molecule has 184 valence electrons. The maximum atomic E-state index is 13.2. The fraction of sp³-hybridized carbons (Fsp3) is 0.583. The van der Waals surface area contributed by atoms with Crippen LogP contribution in [0, 0.1) is 27.4 Å². The minimum Gasteiger partial charge on any atom is -0.323 e. The van der Waals surface area contributed by atoms with Gasteiger partial charge in [-0.2, -0.15) is 15.3 Å². The summed E-state index contributed by atoms with van der Waals surface area (Å²) in [5.41, 5.74) is 1.49. The Morgan fingerprint density at radius 3 is 2.54 bits per heavy atom. The minimum absolute atomic E-state index is 0.00639. The molecule has 11 heteroatoms. The zero-order valence-corrected chi connectivity index (χ0v) is 19.8. The van der Waals surface area contributed by atoms with Gasteiger partial charge in [-0.15, -0.1) is 0 Å². The van der Waals surface area contributed by atoms with Gasteiger partial charge in [0, 0.05) is 30.9 Å². The van der Waals surface area contributed by atoms with Crippen molar-refractivity contribution >= 4 is 17.3 Å². The summed E-state index contributed by atoms with van der Waals surface area (Å²) in [6.45, 7) is 3.47. The molecule has 3 aromatic heterocycles. The van der Waals surface area contributed by atoms with Gasteiger partial charge in [-0.05, 0) is 62.7 Å². The second kappa shape index (κ2) is 8.03. The van der Waals surface area contributed by atoms with Crippen LogP contribution in [0.3, 0.4) is 0 Å². The molecule has 3 heterocycles. The molecule has 0 radical (unpaired) electrons. The third-order valence-corrected chi connectivity index (χ3v) is 8.22. The number of carbonyl (C=O) groups excluding carboxylic acids is 1. The lowest BCUT2D eigenvalue weighted by molar-refractivity contribution is -0.385. The fourth-order valence-corrected chi connectivity index (χ4v) is 7.45. The Labute approximate surface area is 202 Å². The Morgan fingerprint density at radius 2 is 1.86 bits per heavy atom. The second-order valence-corrected chi connectivity index (χ2v) is 10.9. The third-order valence-electron chi connectivity index (χ3n) is 8.22. The standard InChI is InChI=1S/C24H30N8O3/c1-2-29-12-19(9-25-29)13-30-14-20(10-26-30)28-22(33)8-23-4-17-3-18(5-23)7-24(6-17,16-23)31-15-21(11-27-31)32(34)35/h9-12,14-15,17-18H,2-8,13,16H2,1H3,(H,28,33). The van der Waals surface area contributed by atoms with Crippen LogP contribution in [0.4, 0.5) is 11.4 Å². The van der Waals surface area contributed by atoms with E-state index in [1.165, 1.54) is 12.6 Å². The molecule has 35 heavy (non-hydrogen) atoms. The summed E-state index contributed by atoms with van der Waals surface area (Å²) >= 11 is 0. The molecule has 4 aliphatic rings. The van der Waals surface area contributed by atoms with E-state index in [4.69, 9.17) is 0 Å². The summed E-state index contributed by atoms with van der Waals surface area (Å²) in [6, 6.07) is 0. The molecule has 0 aromatic carbocycles. The molecule has 2 atom stereocenters. The third kappa shape index (κ3) is 4.02. The normalized spacial score (nSPS) is 28.9. The first-order chi connectivity index (χ1) is 16.8. The summed E-state index contributed by atoms with van der Waals surface area (Å²) in [7, 11) is 0. The SMILES string of the molecule is CCn1cc(Cn2cc(NC(=O)CC34CC5CC(C3)CC(n3cc([N+](=O)[O-])cn3)(C5)C4)cn2)cn1. The van der Waals surface area contributed by atoms with Crippen LogP contribution < -0.4 is 5.32 Å². The molecule has 0 saturated heterocycles. The quantitative estimate of drug-likeness (QED) is 0.390. The Balaban J connectivity index is 1.15. The van der Waals surface area contributed by atoms with Gasteiger partial charge in [0.2, 0.25) is 5.91 Å². The number of amides is 1. The number of rotatable bonds is 8. The van der Waals surface area contributed by atoms with E-state index in [1.54, 1.807) is 17.1 Å². The maximum absolute atomic E-state index is 13.2. The molecule has 4 bridgehead atoms. The summed E-state index contributed by atoms with van der Waals surface area (Å²) in [4.78, 5) is 24.0. The first-order valence-electron chi connectivity index (χ1n) is 12.4. The van der Waals surface area contributed by atoms with E-state index in [1.807, 2.05) is 34.9 Å². The van der Waals surface area contributed by atoms with Gasteiger partial charge in [-0.25, -0.2) is 0 Å². The van der Waals surface area contributed by atoms with Gasteiger partial charge >= 0.3 is 5.69 Å². The highest BCUT2D eigenvalue weighted by atomic mass is 16.6. The zero-order chi connectivity index (χ0) is 24.2. The number of nitro groups is 1. The van der Waals surface area contributed by atoms with Crippen molar-refractivity contribution in [2.45, 2.75) is 70.5 Å². The number of carbonyl (C=O) groups is 1. The van der Waals surface area contributed by atoms with Crippen LogP contribution in [0.5, 0.6) is 0 Å². The van der Waals surface area contributed by atoms with Gasteiger partial charge in [0.1, 0.15) is 12.4 Å². The van der Waals surface area contributed by atoms with E-state index in [-0.39, 0.29) is 27.5 Å². The van der Waals surface area contributed by atoms with Crippen LogP contribution in [-0.4, -0.2) is 40.2 Å². The number of nitrogens with zero attached hydrogens (tertiary/aromatic N) is 7. The molecule has 0 aliphatic heterocycles. The van der Waals surface area contributed by atoms with Crippen molar-refractivity contribution in [2.75, 3.05) is 5.32 Å². The van der Waals surface area contributed by atoms with Crippen LogP contribution in [0.25, 0.3) is 0 Å². The molecule has 2 unspecified atom stereocenters. The van der Waals surface area contributed by atoms with E-state index < -0.39 is 0 Å². The first-order valence-corrected chi connectivity index (χ1v) is 12.4. The van der Waals surface area contributed by atoms with Crippen molar-refractivity contribution in [1.29, 1.82) is 0 Å². The predicted octanol–water partition coefficient (Wildman–Crippen LogP) is 3.58. The van der Waals surface area contributed by atoms with Crippen molar-refractivity contribution in [3.05, 3.63) is 52.9 Å². The monoisotopic (exact) mass is 478 g/mol. The smallest absolute Gasteiger partial charge is 0.307 e. The Morgan fingerprint density at radius 1 is 1.09 bits per heavy atom. The lowest BCUT2D eigenvalue weighted by atomic mass is 9.46. The number of nitrogens with one attached hydrogen (secondary N) is 1. The first kappa shape index (κ1) is 22.0. The molecule has 1 N–H and O–H groups in total. The Bertz CT molecular complexity index is 1260. The number of anilines is 1. The zero-order valence-electron chi connectivity index (χ0n) is 19.8. The van der Waals surface area contributed by atoms with Crippen molar-refractivity contribution < 1.29 is 9.72 Å². The average molecular weight is 479 g/mol. The molecule has 7 rings (SSSR count). The van der Waals surface area contributed by atoms with E-state index in [9.17, 15) is 14.9 Å². The minimum atomic E-state index is -0.386. The van der Waals surface area contributed by atoms with Gasteiger partial charge in [0.05, 0.1) is 35.1 Å². The molecule has 0 spiro atoms. The van der Waals surface area contributed by atoms with Gasteiger partial charge in [-0.1, -0.05) is 0 Å². The van der Waals surface area contributed by atoms with Gasteiger partial charge in [-0.3, -0.25) is 29.0 Å². The Kier molecular flexibility index (Phi) is 5.05. The van der Waals surface area contributed by atoms with E-state index >= 15 is 0 Å². The number of hydrogen-bond donors (Lipinski definition) is 1. The highest BCUT2D eigenvalue weighted by molar-refractivity contribution is 5.90. The number of aromatic nitrogens is 6. The fourth-order valence-electron chi connectivity index (χ4n) is 7.45. The van der Waals surface area contributed by atoms with Crippen LogP contribution in [0.1, 0.15) is 57.4 Å². The van der Waals surface area contributed by atoms with Crippen molar-refractivity contribution in [1.82, 2.24) is 29.3 Å². The van der Waals surface area contributed by atoms with E-state index in [0.717, 1.165) is 44.2 Å². The topological polar surface area (TPSA) is 126 Å². The highest BCUT2D eigenvalue weighted by Crippen LogP contribution is 2.65. The molecule has 4 aliphatic carbocycles. The lowest BCUT2D eigenvalue weighted by Crippen LogP contribution is -2.57. The largest absolute Gasteiger partial charge is 0.323 e. The molecule has 3 aromatic rings. The summed E-state index contributed by atoms with van der Waals surface area (Å²) in [5, 5.41) is 27.4. The molecule has 4 fully saturated rings. The highest BCUT2D eigenvalue weighted by Gasteiger charge is 2.59. The average Bonchev–Trinajstić information content (AvgIpc) is 3.53. The summed E-state index contributed by atoms with van der Waals surface area (Å²) in [5.74, 6) is 1.09. The Hall–Kier alpha value is -3.50. The van der Waals surface area contributed by atoms with E-state index in [0.29, 0.717) is 30.5 Å². The molecule has 11 nitrogen and oxygen atoms in total. The van der Waals surface area contributed by atoms with Crippen LogP contribution in [-0.2, 0) is 23.4 Å². The van der Waals surface area contributed by atoms with Crippen LogP contribution >= 0.6 is 0 Å². The van der Waals surface area contributed by atoms with Crippen LogP contribution in [0.15, 0.2) is 37.2 Å². The lowest BCUT2D eigenvalue weighted by Gasteiger charge is -2.61.